The molecule has 10 nitrogen and oxygen atoms in total. The Morgan fingerprint density at radius 3 is 1.29 bits per heavy atom. The molecule has 2 aromatic heterocycles. The molecule has 2 heterocycles. The van der Waals surface area contributed by atoms with Crippen LogP contribution in [0.25, 0.3) is 30.9 Å². The SMILES string of the molecule is N#CC(C#N)=Nc1cc2c(C(=O)OCc3ccccc3)cc3c(cc(C(=O)OCc4ccccc4)c4cc(N=C(C#N)C#N)sc43)c2s1. The molecule has 0 aliphatic rings. The second-order valence-electron chi connectivity index (χ2n) is 10.1. The molecule has 0 saturated heterocycles. The Labute approximate surface area is 280 Å². The minimum atomic E-state index is -0.620. The van der Waals surface area contributed by atoms with Crippen LogP contribution in [-0.2, 0) is 22.7 Å². The molecule has 0 spiro atoms. The molecular weight excluding hydrogens is 645 g/mol. The van der Waals surface area contributed by atoms with Crippen LogP contribution in [0.2, 0.25) is 0 Å². The van der Waals surface area contributed by atoms with Crippen LogP contribution in [0.4, 0.5) is 10.0 Å². The van der Waals surface area contributed by atoms with Gasteiger partial charge in [-0.2, -0.15) is 21.0 Å². The van der Waals surface area contributed by atoms with E-state index >= 15 is 0 Å². The topological polar surface area (TPSA) is 172 Å². The molecule has 0 amide bonds. The minimum absolute atomic E-state index is 0.0198. The summed E-state index contributed by atoms with van der Waals surface area (Å²) in [6, 6.07) is 31.9. The summed E-state index contributed by atoms with van der Waals surface area (Å²) >= 11 is 2.27. The van der Waals surface area contributed by atoms with Gasteiger partial charge in [-0.15, -0.1) is 22.7 Å². The van der Waals surface area contributed by atoms with Crippen LogP contribution in [0.5, 0.6) is 0 Å². The van der Waals surface area contributed by atoms with Crippen LogP contribution >= 0.6 is 22.7 Å². The lowest BCUT2D eigenvalue weighted by atomic mass is 9.98. The maximum atomic E-state index is 13.7. The third kappa shape index (κ3) is 6.35. The Hall–Kier alpha value is -6.70. The summed E-state index contributed by atoms with van der Waals surface area (Å²) < 4.78 is 12.5. The number of ether oxygens (including phenoxy) is 2. The molecule has 0 aliphatic carbocycles. The Bertz CT molecular complexity index is 2280. The van der Waals surface area contributed by atoms with Crippen LogP contribution in [0, 0.1) is 45.3 Å². The maximum absolute atomic E-state index is 13.7. The van der Waals surface area contributed by atoms with Crippen molar-refractivity contribution in [2.45, 2.75) is 13.2 Å². The number of aliphatic imine (C=N–C) groups is 2. The number of nitriles is 4. The van der Waals surface area contributed by atoms with Gasteiger partial charge in [0.1, 0.15) is 47.5 Å². The average molecular weight is 663 g/mol. The van der Waals surface area contributed by atoms with E-state index in [1.807, 2.05) is 60.7 Å². The van der Waals surface area contributed by atoms with Gasteiger partial charge >= 0.3 is 11.9 Å². The van der Waals surface area contributed by atoms with Crippen LogP contribution < -0.4 is 0 Å². The van der Waals surface area contributed by atoms with Gasteiger partial charge in [-0.3, -0.25) is 0 Å². The van der Waals surface area contributed by atoms with E-state index in [9.17, 15) is 30.6 Å². The van der Waals surface area contributed by atoms with Crippen molar-refractivity contribution in [1.29, 1.82) is 21.0 Å². The summed E-state index contributed by atoms with van der Waals surface area (Å²) in [5.74, 6) is -1.24. The Morgan fingerprint density at radius 1 is 0.562 bits per heavy atom. The van der Waals surface area contributed by atoms with Crippen molar-refractivity contribution in [1.82, 2.24) is 0 Å². The number of rotatable bonds is 8. The lowest BCUT2D eigenvalue weighted by Crippen LogP contribution is -2.07. The first kappa shape index (κ1) is 31.3. The number of carbonyl (C=O) groups excluding carboxylic acids is 2. The zero-order valence-electron chi connectivity index (χ0n) is 24.6. The quantitative estimate of drug-likeness (QED) is 0.116. The van der Waals surface area contributed by atoms with Crippen LogP contribution in [-0.4, -0.2) is 23.4 Å². The Morgan fingerprint density at radius 2 is 0.938 bits per heavy atom. The number of benzene rings is 4. The third-order valence-corrected chi connectivity index (χ3v) is 9.23. The van der Waals surface area contributed by atoms with Crippen LogP contribution in [0.3, 0.4) is 0 Å². The number of thiophene rings is 2. The normalized spacial score (nSPS) is 10.3. The van der Waals surface area contributed by atoms with Gasteiger partial charge < -0.3 is 9.47 Å². The molecule has 6 aromatic rings. The molecule has 0 fully saturated rings. The van der Waals surface area contributed by atoms with E-state index in [0.717, 1.165) is 33.8 Å². The number of carbonyl (C=O) groups is 2. The van der Waals surface area contributed by atoms with Crippen molar-refractivity contribution < 1.29 is 19.1 Å². The predicted molar refractivity (Wildman–Crippen MR) is 182 cm³/mol. The summed E-state index contributed by atoms with van der Waals surface area (Å²) in [6.07, 6.45) is 0. The second-order valence-corrected chi connectivity index (χ2v) is 12.2. The van der Waals surface area contributed by atoms with Crippen molar-refractivity contribution in [3.05, 3.63) is 107 Å². The monoisotopic (exact) mass is 662 g/mol. The van der Waals surface area contributed by atoms with E-state index in [0.29, 0.717) is 40.9 Å². The summed E-state index contributed by atoms with van der Waals surface area (Å²) in [4.78, 5) is 35.6. The minimum Gasteiger partial charge on any atom is -0.457 e. The smallest absolute Gasteiger partial charge is 0.339 e. The number of fused-ring (bicyclic) bond motifs is 5. The van der Waals surface area contributed by atoms with Crippen LogP contribution in [0.1, 0.15) is 31.8 Å². The molecular formula is C36H18N6O4S2. The van der Waals surface area contributed by atoms with Crippen molar-refractivity contribution in [2.75, 3.05) is 0 Å². The van der Waals surface area contributed by atoms with Crippen molar-refractivity contribution in [3.8, 4) is 24.3 Å². The van der Waals surface area contributed by atoms with E-state index < -0.39 is 11.9 Å². The van der Waals surface area contributed by atoms with E-state index in [2.05, 4.69) is 9.98 Å². The highest BCUT2D eigenvalue weighted by Crippen LogP contribution is 2.46. The maximum Gasteiger partial charge on any atom is 0.339 e. The highest BCUT2D eigenvalue weighted by atomic mass is 32.1. The van der Waals surface area contributed by atoms with Crippen molar-refractivity contribution in [2.24, 2.45) is 9.98 Å². The van der Waals surface area contributed by atoms with Gasteiger partial charge in [-0.05, 0) is 35.4 Å². The number of nitrogens with zero attached hydrogens (tertiary/aromatic N) is 6. The highest BCUT2D eigenvalue weighted by Gasteiger charge is 2.24. The Kier molecular flexibility index (Phi) is 8.96. The van der Waals surface area contributed by atoms with E-state index in [4.69, 9.17) is 9.47 Å². The molecule has 0 aliphatic heterocycles. The Balaban J connectivity index is 1.58. The van der Waals surface area contributed by atoms with Gasteiger partial charge in [-0.25, -0.2) is 19.6 Å². The summed E-state index contributed by atoms with van der Waals surface area (Å²) in [6.45, 7) is 0.0395. The van der Waals surface area contributed by atoms with E-state index in [-0.39, 0.29) is 35.8 Å². The van der Waals surface area contributed by atoms with Gasteiger partial charge in [0, 0.05) is 30.9 Å². The second kappa shape index (κ2) is 13.7. The molecule has 6 rings (SSSR count). The first-order valence-electron chi connectivity index (χ1n) is 14.1. The lowest BCUT2D eigenvalue weighted by molar-refractivity contribution is 0.0466. The number of hydrogen-bond acceptors (Lipinski definition) is 12. The molecule has 4 aromatic carbocycles. The largest absolute Gasteiger partial charge is 0.457 e. The first-order valence-corrected chi connectivity index (χ1v) is 15.7. The molecule has 0 atom stereocenters. The van der Waals surface area contributed by atoms with E-state index in [1.165, 1.54) is 0 Å². The summed E-state index contributed by atoms with van der Waals surface area (Å²) in [5.41, 5.74) is 1.26. The van der Waals surface area contributed by atoms with Crippen LogP contribution in [0.15, 0.2) is 94.9 Å². The molecule has 0 radical (unpaired) electrons. The zero-order chi connectivity index (χ0) is 33.6. The molecule has 0 unspecified atom stereocenters. The molecule has 48 heavy (non-hydrogen) atoms. The molecule has 228 valence electrons. The van der Waals surface area contributed by atoms with Gasteiger partial charge in [0.15, 0.2) is 0 Å². The predicted octanol–water partition coefficient (Wildman–Crippen LogP) is 8.22. The lowest BCUT2D eigenvalue weighted by Gasteiger charge is -2.11. The number of hydrogen-bond donors (Lipinski definition) is 0. The van der Waals surface area contributed by atoms with Crippen molar-refractivity contribution >= 4 is 87.0 Å². The molecule has 12 heteroatoms. The summed E-state index contributed by atoms with van der Waals surface area (Å²) in [5, 5.41) is 40.0. The fourth-order valence-electron chi connectivity index (χ4n) is 4.95. The van der Waals surface area contributed by atoms with Crippen molar-refractivity contribution in [3.63, 3.8) is 0 Å². The van der Waals surface area contributed by atoms with Gasteiger partial charge in [0.2, 0.25) is 11.4 Å². The van der Waals surface area contributed by atoms with Gasteiger partial charge in [0.05, 0.1) is 11.1 Å². The molecule has 0 saturated carbocycles. The fourth-order valence-corrected chi connectivity index (χ4v) is 7.11. The standard InChI is InChI=1S/C36H18N6O4S2/c37-15-23(16-38)41-31-13-27-29(35(43)45-19-21-7-3-1-4-8-21)11-25-26(33(27)47-31)12-30(36(44)46-20-22-9-5-2-6-10-22)28-14-32(48-34(25)28)42-24(17-39)18-40/h1-14H,19-20H2. The third-order valence-electron chi connectivity index (χ3n) is 7.11. The molecule has 0 bridgehead atoms. The zero-order valence-corrected chi connectivity index (χ0v) is 26.3. The highest BCUT2D eigenvalue weighted by molar-refractivity contribution is 7.25. The summed E-state index contributed by atoms with van der Waals surface area (Å²) in [7, 11) is 0. The number of esters is 2. The van der Waals surface area contributed by atoms with E-state index in [1.54, 1.807) is 48.5 Å². The molecule has 0 N–H and O–H groups in total. The van der Waals surface area contributed by atoms with Gasteiger partial charge in [0.25, 0.3) is 0 Å². The first-order chi connectivity index (χ1) is 23.4. The van der Waals surface area contributed by atoms with Gasteiger partial charge in [-0.1, -0.05) is 60.7 Å². The fraction of sp³-hybridized carbons (Fsp3) is 0.0556. The average Bonchev–Trinajstić information content (AvgIpc) is 3.75.